The average molecular weight is 422 g/mol. The molecule has 1 heterocycles. The lowest BCUT2D eigenvalue weighted by atomic mass is 9.93. The Morgan fingerprint density at radius 1 is 1.00 bits per heavy atom. The van der Waals surface area contributed by atoms with E-state index < -0.39 is 0 Å². The summed E-state index contributed by atoms with van der Waals surface area (Å²) in [4.78, 5) is 24.9. The van der Waals surface area contributed by atoms with E-state index in [0.29, 0.717) is 23.2 Å². The lowest BCUT2D eigenvalue weighted by Crippen LogP contribution is -2.23. The number of esters is 1. The van der Waals surface area contributed by atoms with Crippen LogP contribution in [0.2, 0.25) is 0 Å². The van der Waals surface area contributed by atoms with Gasteiger partial charge in [-0.2, -0.15) is 0 Å². The van der Waals surface area contributed by atoms with Crippen molar-refractivity contribution in [2.24, 2.45) is 0 Å². The molecule has 1 atom stereocenters. The highest BCUT2D eigenvalue weighted by molar-refractivity contribution is 9.10. The topological polar surface area (TPSA) is 55.4 Å². The molecule has 1 N–H and O–H groups in total. The zero-order valence-corrected chi connectivity index (χ0v) is 15.9. The molecule has 0 aliphatic carbocycles. The van der Waals surface area contributed by atoms with Gasteiger partial charge in [-0.25, -0.2) is 4.79 Å². The molecule has 4 nitrogen and oxygen atoms in total. The van der Waals surface area contributed by atoms with E-state index in [2.05, 4.69) is 21.2 Å². The summed E-state index contributed by atoms with van der Waals surface area (Å²) in [6.45, 7) is 0. The van der Waals surface area contributed by atoms with Gasteiger partial charge in [-0.1, -0.05) is 46.3 Å². The Morgan fingerprint density at radius 2 is 1.74 bits per heavy atom. The Balaban J connectivity index is 1.58. The van der Waals surface area contributed by atoms with Crippen LogP contribution in [0, 0.1) is 0 Å². The maximum Gasteiger partial charge on any atom is 0.339 e. The number of amides is 1. The lowest BCUT2D eigenvalue weighted by molar-refractivity contribution is 0.0252. The fourth-order valence-corrected chi connectivity index (χ4v) is 3.39. The van der Waals surface area contributed by atoms with Crippen molar-refractivity contribution in [3.05, 3.63) is 99.5 Å². The molecular formula is C22H16BrNO3. The minimum atomic E-state index is -0.357. The van der Waals surface area contributed by atoms with E-state index in [9.17, 15) is 9.59 Å². The molecular weight excluding hydrogens is 406 g/mol. The number of hydrogen-bond donors (Lipinski definition) is 1. The summed E-state index contributed by atoms with van der Waals surface area (Å²) in [7, 11) is 0. The highest BCUT2D eigenvalue weighted by Gasteiger charge is 2.28. The van der Waals surface area contributed by atoms with Crippen LogP contribution in [0.5, 0.6) is 0 Å². The fourth-order valence-electron chi connectivity index (χ4n) is 3.13. The summed E-state index contributed by atoms with van der Waals surface area (Å²) < 4.78 is 6.51. The number of fused-ring (bicyclic) bond motifs is 1. The minimum absolute atomic E-state index is 0.213. The van der Waals surface area contributed by atoms with Crippen LogP contribution in [-0.4, -0.2) is 11.9 Å². The normalized spacial score (nSPS) is 15.6. The van der Waals surface area contributed by atoms with Gasteiger partial charge in [-0.3, -0.25) is 4.79 Å². The minimum Gasteiger partial charge on any atom is -0.454 e. The van der Waals surface area contributed by atoms with Gasteiger partial charge in [0.25, 0.3) is 5.91 Å². The quantitative estimate of drug-likeness (QED) is 0.594. The van der Waals surface area contributed by atoms with Crippen molar-refractivity contribution >= 4 is 33.5 Å². The first-order valence-electron chi connectivity index (χ1n) is 8.56. The van der Waals surface area contributed by atoms with Gasteiger partial charge in [0.15, 0.2) is 0 Å². The summed E-state index contributed by atoms with van der Waals surface area (Å²) in [5, 5.41) is 2.87. The van der Waals surface area contributed by atoms with E-state index in [-0.39, 0.29) is 18.0 Å². The first-order chi connectivity index (χ1) is 13.1. The average Bonchev–Trinajstić information content (AvgIpc) is 2.70. The number of carbonyl (C=O) groups is 2. The molecule has 3 aromatic carbocycles. The molecule has 1 unspecified atom stereocenters. The molecule has 0 saturated carbocycles. The van der Waals surface area contributed by atoms with Gasteiger partial charge in [0.2, 0.25) is 0 Å². The number of rotatable bonds is 3. The second-order valence-corrected chi connectivity index (χ2v) is 7.26. The van der Waals surface area contributed by atoms with Gasteiger partial charge in [-0.05, 0) is 53.6 Å². The maximum absolute atomic E-state index is 12.6. The van der Waals surface area contributed by atoms with Crippen molar-refractivity contribution in [1.82, 2.24) is 0 Å². The molecule has 0 fully saturated rings. The number of benzene rings is 3. The molecule has 0 radical (unpaired) electrons. The molecule has 4 rings (SSSR count). The van der Waals surface area contributed by atoms with Crippen molar-refractivity contribution in [1.29, 1.82) is 0 Å². The molecule has 27 heavy (non-hydrogen) atoms. The largest absolute Gasteiger partial charge is 0.454 e. The third-order valence-electron chi connectivity index (χ3n) is 4.52. The van der Waals surface area contributed by atoms with Crippen LogP contribution < -0.4 is 5.32 Å². The summed E-state index contributed by atoms with van der Waals surface area (Å²) in [5.74, 6) is -0.569. The standard InChI is InChI=1S/C22H16BrNO3/c23-17-7-9-18(10-8-17)24-21(25)15-6-11-19-16(12-15)13-20(27-22(19)26)14-4-2-1-3-5-14/h1-12,20H,13H2,(H,24,25). The number of hydrogen-bond acceptors (Lipinski definition) is 3. The maximum atomic E-state index is 12.6. The Bertz CT molecular complexity index is 1000. The van der Waals surface area contributed by atoms with Gasteiger partial charge in [0, 0.05) is 22.1 Å². The van der Waals surface area contributed by atoms with Crippen molar-refractivity contribution in [3.63, 3.8) is 0 Å². The zero-order chi connectivity index (χ0) is 18.8. The van der Waals surface area contributed by atoms with E-state index in [1.807, 2.05) is 54.6 Å². The van der Waals surface area contributed by atoms with Crippen LogP contribution in [-0.2, 0) is 11.2 Å². The van der Waals surface area contributed by atoms with Crippen molar-refractivity contribution < 1.29 is 14.3 Å². The first kappa shape index (κ1) is 17.5. The van der Waals surface area contributed by atoms with E-state index in [0.717, 1.165) is 15.6 Å². The van der Waals surface area contributed by atoms with Gasteiger partial charge in [0.05, 0.1) is 5.56 Å². The van der Waals surface area contributed by atoms with Crippen LogP contribution in [0.25, 0.3) is 0 Å². The summed E-state index contributed by atoms with van der Waals surface area (Å²) in [6, 6.07) is 22.1. The van der Waals surface area contributed by atoms with Gasteiger partial charge < -0.3 is 10.1 Å². The number of cyclic esters (lactones) is 1. The molecule has 0 aromatic heterocycles. The van der Waals surface area contributed by atoms with Crippen LogP contribution in [0.3, 0.4) is 0 Å². The molecule has 3 aromatic rings. The number of halogens is 1. The Hall–Kier alpha value is -2.92. The van der Waals surface area contributed by atoms with Gasteiger partial charge in [-0.15, -0.1) is 0 Å². The molecule has 134 valence electrons. The number of carbonyl (C=O) groups excluding carboxylic acids is 2. The van der Waals surface area contributed by atoms with E-state index >= 15 is 0 Å². The summed E-state index contributed by atoms with van der Waals surface area (Å²) in [5.41, 5.74) is 3.51. The number of anilines is 1. The highest BCUT2D eigenvalue weighted by atomic mass is 79.9. The first-order valence-corrected chi connectivity index (χ1v) is 9.35. The van der Waals surface area contributed by atoms with E-state index in [1.165, 1.54) is 0 Å². The van der Waals surface area contributed by atoms with Gasteiger partial charge in [0.1, 0.15) is 6.10 Å². The van der Waals surface area contributed by atoms with Crippen molar-refractivity contribution in [2.75, 3.05) is 5.32 Å². The highest BCUT2D eigenvalue weighted by Crippen LogP contribution is 2.31. The molecule has 0 bridgehead atoms. The zero-order valence-electron chi connectivity index (χ0n) is 14.3. The second kappa shape index (κ2) is 7.37. The Morgan fingerprint density at radius 3 is 2.48 bits per heavy atom. The SMILES string of the molecule is O=C(Nc1ccc(Br)cc1)c1ccc2c(c1)CC(c1ccccc1)OC2=O. The Kier molecular flexibility index (Phi) is 4.77. The third kappa shape index (κ3) is 3.78. The lowest BCUT2D eigenvalue weighted by Gasteiger charge is -2.25. The second-order valence-electron chi connectivity index (χ2n) is 6.34. The monoisotopic (exact) mass is 421 g/mol. The van der Waals surface area contributed by atoms with Gasteiger partial charge >= 0.3 is 5.97 Å². The van der Waals surface area contributed by atoms with Crippen LogP contribution in [0.1, 0.15) is 37.9 Å². The molecule has 1 aliphatic heterocycles. The van der Waals surface area contributed by atoms with Crippen LogP contribution in [0.15, 0.2) is 77.3 Å². The predicted molar refractivity (Wildman–Crippen MR) is 107 cm³/mol. The van der Waals surface area contributed by atoms with Crippen molar-refractivity contribution in [3.8, 4) is 0 Å². The number of ether oxygens (including phenoxy) is 1. The van der Waals surface area contributed by atoms with E-state index in [1.54, 1.807) is 18.2 Å². The Labute approximate surface area is 165 Å². The fraction of sp³-hybridized carbons (Fsp3) is 0.0909. The predicted octanol–water partition coefficient (Wildman–Crippen LogP) is 5.16. The molecule has 0 spiro atoms. The molecule has 0 saturated heterocycles. The number of nitrogens with one attached hydrogen (secondary N) is 1. The van der Waals surface area contributed by atoms with Crippen LogP contribution in [0.4, 0.5) is 5.69 Å². The molecule has 5 heteroatoms. The van der Waals surface area contributed by atoms with Crippen LogP contribution >= 0.6 is 15.9 Å². The summed E-state index contributed by atoms with van der Waals surface area (Å²) >= 11 is 3.37. The van der Waals surface area contributed by atoms with Crippen molar-refractivity contribution in [2.45, 2.75) is 12.5 Å². The summed E-state index contributed by atoms with van der Waals surface area (Å²) in [6.07, 6.45) is 0.209. The molecule has 1 amide bonds. The molecule has 1 aliphatic rings. The van der Waals surface area contributed by atoms with E-state index in [4.69, 9.17) is 4.74 Å². The third-order valence-corrected chi connectivity index (χ3v) is 5.04. The smallest absolute Gasteiger partial charge is 0.339 e.